The molecule has 0 unspecified atom stereocenters. The predicted molar refractivity (Wildman–Crippen MR) is 105 cm³/mol. The van der Waals surface area contributed by atoms with Crippen molar-refractivity contribution in [3.8, 4) is 11.3 Å². The lowest BCUT2D eigenvalue weighted by atomic mass is 10.1. The van der Waals surface area contributed by atoms with E-state index in [0.717, 1.165) is 28.3 Å². The fourth-order valence-electron chi connectivity index (χ4n) is 2.69. The number of ether oxygens (including phenoxy) is 1. The maximum absolute atomic E-state index is 13.1. The van der Waals surface area contributed by atoms with E-state index in [1.54, 1.807) is 30.3 Å². The summed E-state index contributed by atoms with van der Waals surface area (Å²) in [5, 5.41) is -0.846. The Bertz CT molecular complexity index is 1130. The Labute approximate surface area is 178 Å². The van der Waals surface area contributed by atoms with Crippen molar-refractivity contribution in [3.05, 3.63) is 86.4 Å². The summed E-state index contributed by atoms with van der Waals surface area (Å²) in [6.45, 7) is -0.654. The molecule has 5 nitrogen and oxygen atoms in total. The predicted octanol–water partition coefficient (Wildman–Crippen LogP) is 4.98. The normalized spacial score (nSPS) is 11.4. The van der Waals surface area contributed by atoms with Gasteiger partial charge in [0.15, 0.2) is 10.3 Å². The van der Waals surface area contributed by atoms with Gasteiger partial charge in [-0.3, -0.25) is 14.2 Å². The van der Waals surface area contributed by atoms with Gasteiger partial charge in [-0.05, 0) is 17.7 Å². The SMILES string of the molecule is O=C(Cn1c(-c2cccc(C(F)(F)F)c2)c(Cl)nc(Cl)c1=O)OCc1ccccc1. The molecule has 3 aromatic rings. The standard InChI is InChI=1S/C20H13Cl2F3N2O3/c21-17-16(13-7-4-8-14(9-13)20(23,24)25)27(19(29)18(22)26-17)10-15(28)30-11-12-5-2-1-3-6-12/h1-9H,10-11H2. The zero-order valence-electron chi connectivity index (χ0n) is 15.1. The third-order valence-corrected chi connectivity index (χ3v) is 4.59. The summed E-state index contributed by atoms with van der Waals surface area (Å²) >= 11 is 11.9. The van der Waals surface area contributed by atoms with E-state index in [-0.39, 0.29) is 23.0 Å². The summed E-state index contributed by atoms with van der Waals surface area (Å²) in [6.07, 6.45) is -4.61. The first-order valence-corrected chi connectivity index (χ1v) is 9.25. The van der Waals surface area contributed by atoms with Gasteiger partial charge in [-0.25, -0.2) is 4.98 Å². The lowest BCUT2D eigenvalue weighted by molar-refractivity contribution is -0.145. The monoisotopic (exact) mass is 456 g/mol. The van der Waals surface area contributed by atoms with E-state index in [0.29, 0.717) is 0 Å². The number of rotatable bonds is 5. The van der Waals surface area contributed by atoms with Crippen LogP contribution in [0.5, 0.6) is 0 Å². The highest BCUT2D eigenvalue weighted by atomic mass is 35.5. The van der Waals surface area contributed by atoms with Crippen LogP contribution >= 0.6 is 23.2 Å². The second-order valence-electron chi connectivity index (χ2n) is 6.16. The number of aromatic nitrogens is 2. The van der Waals surface area contributed by atoms with Crippen LogP contribution in [-0.2, 0) is 28.9 Å². The first kappa shape index (κ1) is 21.9. The molecule has 0 bridgehead atoms. The fraction of sp³-hybridized carbons (Fsp3) is 0.150. The number of alkyl halides is 3. The zero-order chi connectivity index (χ0) is 21.9. The van der Waals surface area contributed by atoms with Gasteiger partial charge in [0.2, 0.25) is 0 Å². The summed E-state index contributed by atoms with van der Waals surface area (Å²) in [5.41, 5.74) is -1.33. The second-order valence-corrected chi connectivity index (χ2v) is 6.87. The summed E-state index contributed by atoms with van der Waals surface area (Å²) in [6, 6.07) is 13.0. The Morgan fingerprint density at radius 3 is 2.40 bits per heavy atom. The van der Waals surface area contributed by atoms with Gasteiger partial charge in [0.25, 0.3) is 5.56 Å². The topological polar surface area (TPSA) is 61.2 Å². The highest BCUT2D eigenvalue weighted by Crippen LogP contribution is 2.33. The van der Waals surface area contributed by atoms with Gasteiger partial charge in [-0.2, -0.15) is 13.2 Å². The maximum Gasteiger partial charge on any atom is 0.416 e. The number of hydrogen-bond acceptors (Lipinski definition) is 4. The minimum atomic E-state index is -4.61. The summed E-state index contributed by atoms with van der Waals surface area (Å²) in [7, 11) is 0. The van der Waals surface area contributed by atoms with Crippen molar-refractivity contribution in [2.24, 2.45) is 0 Å². The summed E-state index contributed by atoms with van der Waals surface area (Å²) in [4.78, 5) is 28.5. The average Bonchev–Trinajstić information content (AvgIpc) is 2.70. The highest BCUT2D eigenvalue weighted by Gasteiger charge is 2.31. The molecule has 0 radical (unpaired) electrons. The van der Waals surface area contributed by atoms with Crippen molar-refractivity contribution < 1.29 is 22.7 Å². The molecule has 10 heteroatoms. The number of hydrogen-bond donors (Lipinski definition) is 0. The average molecular weight is 457 g/mol. The van der Waals surface area contributed by atoms with Crippen molar-refractivity contribution in [2.75, 3.05) is 0 Å². The Balaban J connectivity index is 1.97. The molecule has 0 saturated carbocycles. The molecule has 1 aromatic heterocycles. The zero-order valence-corrected chi connectivity index (χ0v) is 16.6. The summed E-state index contributed by atoms with van der Waals surface area (Å²) < 4.78 is 45.3. The van der Waals surface area contributed by atoms with Crippen LogP contribution in [0.3, 0.4) is 0 Å². The second kappa shape index (κ2) is 8.89. The molecule has 0 N–H and O–H groups in total. The quantitative estimate of drug-likeness (QED) is 0.508. The number of esters is 1. The molecule has 0 saturated heterocycles. The van der Waals surface area contributed by atoms with Gasteiger partial charge in [0.1, 0.15) is 13.2 Å². The van der Waals surface area contributed by atoms with Crippen LogP contribution in [0.4, 0.5) is 13.2 Å². The van der Waals surface area contributed by atoms with Crippen LogP contribution in [0, 0.1) is 0 Å². The number of carbonyl (C=O) groups is 1. The van der Waals surface area contributed by atoms with Gasteiger partial charge in [0.05, 0.1) is 11.3 Å². The van der Waals surface area contributed by atoms with Crippen LogP contribution < -0.4 is 5.56 Å². The van der Waals surface area contributed by atoms with Crippen molar-refractivity contribution in [1.29, 1.82) is 0 Å². The Morgan fingerprint density at radius 2 is 1.73 bits per heavy atom. The van der Waals surface area contributed by atoms with E-state index < -0.39 is 35.0 Å². The van der Waals surface area contributed by atoms with Crippen LogP contribution in [0.2, 0.25) is 10.3 Å². The van der Waals surface area contributed by atoms with E-state index in [1.807, 2.05) is 0 Å². The molecular formula is C20H13Cl2F3N2O3. The Hall–Kier alpha value is -2.84. The molecule has 0 aliphatic heterocycles. The van der Waals surface area contributed by atoms with Gasteiger partial charge in [-0.15, -0.1) is 0 Å². The molecule has 1 heterocycles. The molecule has 0 fully saturated rings. The van der Waals surface area contributed by atoms with Gasteiger partial charge in [-0.1, -0.05) is 65.7 Å². The van der Waals surface area contributed by atoms with Crippen molar-refractivity contribution in [3.63, 3.8) is 0 Å². The van der Waals surface area contributed by atoms with Gasteiger partial charge >= 0.3 is 12.1 Å². The van der Waals surface area contributed by atoms with E-state index in [1.165, 1.54) is 6.07 Å². The molecule has 0 spiro atoms. The maximum atomic E-state index is 13.1. The molecule has 0 amide bonds. The molecule has 0 atom stereocenters. The third-order valence-electron chi connectivity index (χ3n) is 4.08. The Morgan fingerprint density at radius 1 is 1.03 bits per heavy atom. The minimum absolute atomic E-state index is 0.0418. The number of halogens is 5. The number of carbonyl (C=O) groups excluding carboxylic acids is 1. The van der Waals surface area contributed by atoms with Gasteiger partial charge < -0.3 is 4.74 Å². The molecule has 156 valence electrons. The van der Waals surface area contributed by atoms with Gasteiger partial charge in [0, 0.05) is 5.56 Å². The molecule has 30 heavy (non-hydrogen) atoms. The fourth-order valence-corrected chi connectivity index (χ4v) is 3.22. The van der Waals surface area contributed by atoms with Crippen molar-refractivity contribution >= 4 is 29.2 Å². The summed E-state index contributed by atoms with van der Waals surface area (Å²) in [5.74, 6) is -0.799. The van der Waals surface area contributed by atoms with E-state index >= 15 is 0 Å². The lowest BCUT2D eigenvalue weighted by Crippen LogP contribution is -2.28. The van der Waals surface area contributed by atoms with E-state index in [4.69, 9.17) is 27.9 Å². The van der Waals surface area contributed by atoms with Crippen LogP contribution in [0.25, 0.3) is 11.3 Å². The van der Waals surface area contributed by atoms with Crippen LogP contribution in [0.15, 0.2) is 59.4 Å². The first-order chi connectivity index (χ1) is 14.2. The molecule has 2 aromatic carbocycles. The largest absolute Gasteiger partial charge is 0.459 e. The molecular weight excluding hydrogens is 444 g/mol. The molecule has 0 aliphatic carbocycles. The van der Waals surface area contributed by atoms with E-state index in [2.05, 4.69) is 4.98 Å². The van der Waals surface area contributed by atoms with Crippen molar-refractivity contribution in [1.82, 2.24) is 9.55 Å². The van der Waals surface area contributed by atoms with Crippen molar-refractivity contribution in [2.45, 2.75) is 19.3 Å². The molecule has 0 aliphatic rings. The number of benzene rings is 2. The van der Waals surface area contributed by atoms with Crippen LogP contribution in [0.1, 0.15) is 11.1 Å². The highest BCUT2D eigenvalue weighted by molar-refractivity contribution is 6.33. The van der Waals surface area contributed by atoms with Crippen LogP contribution in [-0.4, -0.2) is 15.5 Å². The number of nitrogens with zero attached hydrogens (tertiary/aromatic N) is 2. The molecule has 3 rings (SSSR count). The lowest BCUT2D eigenvalue weighted by Gasteiger charge is -2.15. The van der Waals surface area contributed by atoms with E-state index in [9.17, 15) is 22.8 Å². The third kappa shape index (κ3) is 5.01. The first-order valence-electron chi connectivity index (χ1n) is 8.50. The smallest absolute Gasteiger partial charge is 0.416 e. The Kier molecular flexibility index (Phi) is 6.48. The minimum Gasteiger partial charge on any atom is -0.459 e.